The second kappa shape index (κ2) is 5.16. The second-order valence-corrected chi connectivity index (χ2v) is 4.06. The van der Waals surface area contributed by atoms with Gasteiger partial charge in [0.25, 0.3) is 5.24 Å². The summed E-state index contributed by atoms with van der Waals surface area (Å²) >= 11 is 5.48. The molecule has 0 unspecified atom stereocenters. The summed E-state index contributed by atoms with van der Waals surface area (Å²) in [5.41, 5.74) is 3.12. The van der Waals surface area contributed by atoms with Crippen molar-refractivity contribution in [3.63, 3.8) is 0 Å². The van der Waals surface area contributed by atoms with E-state index in [0.717, 1.165) is 19.3 Å². The molecule has 0 atom stereocenters. The van der Waals surface area contributed by atoms with Crippen molar-refractivity contribution in [1.82, 2.24) is 0 Å². The smallest absolute Gasteiger partial charge is 0.252 e. The second-order valence-electron chi connectivity index (χ2n) is 3.72. The quantitative estimate of drug-likeness (QED) is 0.476. The molecule has 0 amide bonds. The molecule has 0 heterocycles. The van der Waals surface area contributed by atoms with Gasteiger partial charge in [-0.2, -0.15) is 0 Å². The third-order valence-electron chi connectivity index (χ3n) is 2.30. The van der Waals surface area contributed by atoms with Gasteiger partial charge in [0.2, 0.25) is 0 Å². The first-order chi connectivity index (χ1) is 6.59. The zero-order valence-electron chi connectivity index (χ0n) is 8.64. The van der Waals surface area contributed by atoms with Gasteiger partial charge in [-0.3, -0.25) is 4.79 Å². The molecule has 0 fully saturated rings. The van der Waals surface area contributed by atoms with E-state index in [4.69, 9.17) is 11.6 Å². The first kappa shape index (κ1) is 11.3. The molecule has 1 rings (SSSR count). The molecular weight excluding hydrogens is 196 g/mol. The number of carbonyl (C=O) groups is 1. The van der Waals surface area contributed by atoms with E-state index in [1.165, 1.54) is 11.1 Å². The Balaban J connectivity index is 2.94. The number of hydrogen-bond donors (Lipinski definition) is 0. The molecule has 0 aromatic carbocycles. The van der Waals surface area contributed by atoms with E-state index >= 15 is 0 Å². The molecule has 14 heavy (non-hydrogen) atoms. The fraction of sp³-hybridized carbons (Fsp3) is 0.417. The first-order valence-electron chi connectivity index (χ1n) is 4.82. The van der Waals surface area contributed by atoms with Crippen LogP contribution in [0.5, 0.6) is 0 Å². The standard InChI is InChI=1S/C12H15ClO/c1-9-4-3-5-10(2)8-11(7-6-9)12(13)14/h4,7-8H,3,5-6H2,1-2H3/b9-4-,10-8-,11-7-. The summed E-state index contributed by atoms with van der Waals surface area (Å²) in [6, 6.07) is 0. The summed E-state index contributed by atoms with van der Waals surface area (Å²) in [5.74, 6) is 0. The van der Waals surface area contributed by atoms with E-state index in [2.05, 4.69) is 13.0 Å². The normalized spacial score (nSPS) is 29.5. The van der Waals surface area contributed by atoms with Crippen LogP contribution in [0, 0.1) is 0 Å². The Hall–Kier alpha value is -0.820. The molecule has 76 valence electrons. The van der Waals surface area contributed by atoms with E-state index in [1.54, 1.807) is 0 Å². The van der Waals surface area contributed by atoms with Gasteiger partial charge < -0.3 is 0 Å². The van der Waals surface area contributed by atoms with Crippen LogP contribution >= 0.6 is 11.6 Å². The van der Waals surface area contributed by atoms with E-state index in [9.17, 15) is 4.79 Å². The van der Waals surface area contributed by atoms with Crippen molar-refractivity contribution in [2.24, 2.45) is 0 Å². The van der Waals surface area contributed by atoms with Crippen LogP contribution in [-0.4, -0.2) is 5.24 Å². The van der Waals surface area contributed by atoms with E-state index in [-0.39, 0.29) is 5.24 Å². The molecule has 0 bridgehead atoms. The predicted octanol–water partition coefficient (Wildman–Crippen LogP) is 3.75. The maximum Gasteiger partial charge on any atom is 0.252 e. The molecule has 0 aromatic heterocycles. The lowest BCUT2D eigenvalue weighted by Gasteiger charge is -1.97. The lowest BCUT2D eigenvalue weighted by molar-refractivity contribution is -0.108. The van der Waals surface area contributed by atoms with Gasteiger partial charge >= 0.3 is 0 Å². The van der Waals surface area contributed by atoms with Crippen LogP contribution in [0.4, 0.5) is 0 Å². The monoisotopic (exact) mass is 210 g/mol. The van der Waals surface area contributed by atoms with Gasteiger partial charge in [0.1, 0.15) is 0 Å². The summed E-state index contributed by atoms with van der Waals surface area (Å²) in [7, 11) is 0. The minimum Gasteiger partial charge on any atom is -0.276 e. The van der Waals surface area contributed by atoms with Crippen molar-refractivity contribution in [1.29, 1.82) is 0 Å². The molecular formula is C12H15ClO. The Morgan fingerprint density at radius 2 is 2.00 bits per heavy atom. The minimum atomic E-state index is -0.362. The van der Waals surface area contributed by atoms with E-state index in [1.807, 2.05) is 19.1 Å². The summed E-state index contributed by atoms with van der Waals surface area (Å²) < 4.78 is 0. The van der Waals surface area contributed by atoms with Gasteiger partial charge in [0.05, 0.1) is 0 Å². The predicted molar refractivity (Wildman–Crippen MR) is 60.3 cm³/mol. The zero-order valence-corrected chi connectivity index (χ0v) is 9.40. The number of hydrogen-bond acceptors (Lipinski definition) is 1. The molecule has 0 aliphatic heterocycles. The van der Waals surface area contributed by atoms with E-state index in [0.29, 0.717) is 5.57 Å². The highest BCUT2D eigenvalue weighted by molar-refractivity contribution is 6.68. The molecule has 0 aromatic rings. The van der Waals surface area contributed by atoms with Crippen LogP contribution < -0.4 is 0 Å². The summed E-state index contributed by atoms with van der Waals surface area (Å²) in [5, 5.41) is -0.362. The molecule has 1 aliphatic carbocycles. The molecule has 0 N–H and O–H groups in total. The first-order valence-corrected chi connectivity index (χ1v) is 5.20. The molecule has 0 spiro atoms. The lowest BCUT2D eigenvalue weighted by atomic mass is 10.1. The molecule has 0 saturated heterocycles. The maximum absolute atomic E-state index is 11.1. The van der Waals surface area contributed by atoms with Gasteiger partial charge in [-0.15, -0.1) is 0 Å². The van der Waals surface area contributed by atoms with Gasteiger partial charge in [-0.05, 0) is 44.7 Å². The van der Waals surface area contributed by atoms with Crippen molar-refractivity contribution in [3.05, 3.63) is 34.9 Å². The Morgan fingerprint density at radius 1 is 1.29 bits per heavy atom. The van der Waals surface area contributed by atoms with Gasteiger partial charge in [-0.1, -0.05) is 29.4 Å². The minimum absolute atomic E-state index is 0.362. The SMILES string of the molecule is C/C1=C/CC/C(C)=C\C(C(=O)Cl)=C\C1. The van der Waals surface area contributed by atoms with Crippen molar-refractivity contribution in [3.8, 4) is 0 Å². The molecule has 1 aliphatic rings. The molecule has 0 radical (unpaired) electrons. The number of allylic oxidation sites excluding steroid dienone is 6. The van der Waals surface area contributed by atoms with Crippen LogP contribution in [0.1, 0.15) is 33.1 Å². The van der Waals surface area contributed by atoms with Crippen molar-refractivity contribution < 1.29 is 4.79 Å². The Labute approximate surface area is 90.1 Å². The van der Waals surface area contributed by atoms with E-state index < -0.39 is 0 Å². The fourth-order valence-corrected chi connectivity index (χ4v) is 1.57. The van der Waals surface area contributed by atoms with Gasteiger partial charge in [0, 0.05) is 5.57 Å². The van der Waals surface area contributed by atoms with Gasteiger partial charge in [-0.25, -0.2) is 0 Å². The Bertz CT molecular complexity index is 321. The average Bonchev–Trinajstić information content (AvgIpc) is 2.17. The number of rotatable bonds is 1. The third kappa shape index (κ3) is 3.51. The fourth-order valence-electron chi connectivity index (χ4n) is 1.43. The highest BCUT2D eigenvalue weighted by Gasteiger charge is 2.04. The van der Waals surface area contributed by atoms with Gasteiger partial charge in [0.15, 0.2) is 0 Å². The van der Waals surface area contributed by atoms with Crippen LogP contribution in [0.3, 0.4) is 0 Å². The van der Waals surface area contributed by atoms with Crippen LogP contribution in [0.2, 0.25) is 0 Å². The zero-order chi connectivity index (χ0) is 10.6. The summed E-state index contributed by atoms with van der Waals surface area (Å²) in [4.78, 5) is 11.1. The maximum atomic E-state index is 11.1. The molecule has 2 heteroatoms. The van der Waals surface area contributed by atoms with Crippen LogP contribution in [0.25, 0.3) is 0 Å². The van der Waals surface area contributed by atoms with Crippen LogP contribution in [-0.2, 0) is 4.79 Å². The molecule has 1 nitrogen and oxygen atoms in total. The Kier molecular flexibility index (Phi) is 4.15. The third-order valence-corrected chi connectivity index (χ3v) is 2.52. The van der Waals surface area contributed by atoms with Crippen LogP contribution in [0.15, 0.2) is 34.9 Å². The average molecular weight is 211 g/mol. The molecule has 0 saturated carbocycles. The van der Waals surface area contributed by atoms with Crippen molar-refractivity contribution in [2.45, 2.75) is 33.1 Å². The Morgan fingerprint density at radius 3 is 2.64 bits per heavy atom. The summed E-state index contributed by atoms with van der Waals surface area (Å²) in [6.45, 7) is 4.11. The largest absolute Gasteiger partial charge is 0.276 e. The number of halogens is 1. The number of carbonyl (C=O) groups excluding carboxylic acids is 1. The highest BCUT2D eigenvalue weighted by Crippen LogP contribution is 2.17. The van der Waals surface area contributed by atoms with Crippen molar-refractivity contribution in [2.75, 3.05) is 0 Å². The van der Waals surface area contributed by atoms with Crippen molar-refractivity contribution >= 4 is 16.8 Å². The highest BCUT2D eigenvalue weighted by atomic mass is 35.5. The lowest BCUT2D eigenvalue weighted by Crippen LogP contribution is -1.91. The summed E-state index contributed by atoms with van der Waals surface area (Å²) in [6.07, 6.45) is 8.87. The topological polar surface area (TPSA) is 17.1 Å².